The Balaban J connectivity index is 1.96. The van der Waals surface area contributed by atoms with Crippen LogP contribution < -0.4 is 0 Å². The van der Waals surface area contributed by atoms with Crippen LogP contribution in [-0.4, -0.2) is 29.3 Å². The largest absolute Gasteiger partial charge is 0.336 e. The number of carbonyl (C=O) groups excluding carboxylic acids is 1. The van der Waals surface area contributed by atoms with Crippen LogP contribution in [0.2, 0.25) is 0 Å². The maximum absolute atomic E-state index is 12.7. The van der Waals surface area contributed by atoms with E-state index in [0.29, 0.717) is 6.54 Å². The van der Waals surface area contributed by atoms with Crippen molar-refractivity contribution < 1.29 is 13.6 Å². The Morgan fingerprint density at radius 2 is 2.06 bits per heavy atom. The maximum atomic E-state index is 12.7. The molecule has 0 spiro atoms. The molecular formula is C12H17F2NO. The Hall–Kier alpha value is -0.930. The van der Waals surface area contributed by atoms with Crippen molar-refractivity contribution in [2.45, 2.75) is 44.1 Å². The van der Waals surface area contributed by atoms with E-state index in [2.05, 4.69) is 6.58 Å². The first-order valence-corrected chi connectivity index (χ1v) is 5.84. The zero-order valence-electron chi connectivity index (χ0n) is 9.29. The summed E-state index contributed by atoms with van der Waals surface area (Å²) in [6.07, 6.45) is 4.19. The molecule has 1 saturated carbocycles. The zero-order chi connectivity index (χ0) is 11.8. The van der Waals surface area contributed by atoms with Crippen LogP contribution in [0.3, 0.4) is 0 Å². The Kier molecular flexibility index (Phi) is 3.00. The van der Waals surface area contributed by atoms with E-state index in [0.717, 1.165) is 19.3 Å². The van der Waals surface area contributed by atoms with Gasteiger partial charge in [0.25, 0.3) is 0 Å². The van der Waals surface area contributed by atoms with Crippen molar-refractivity contribution in [3.8, 4) is 0 Å². The Morgan fingerprint density at radius 3 is 2.62 bits per heavy atom. The minimum atomic E-state index is -2.61. The van der Waals surface area contributed by atoms with Gasteiger partial charge in [0.1, 0.15) is 0 Å². The summed E-state index contributed by atoms with van der Waals surface area (Å²) in [5.41, 5.74) is 0. The zero-order valence-corrected chi connectivity index (χ0v) is 9.29. The minimum absolute atomic E-state index is 0.0514. The van der Waals surface area contributed by atoms with Crippen molar-refractivity contribution in [2.75, 3.05) is 6.54 Å². The molecule has 90 valence electrons. The second-order valence-electron chi connectivity index (χ2n) is 4.79. The highest BCUT2D eigenvalue weighted by Gasteiger charge is 2.50. The average molecular weight is 229 g/mol. The van der Waals surface area contributed by atoms with Gasteiger partial charge in [0.15, 0.2) is 0 Å². The maximum Gasteiger partial charge on any atom is 0.249 e. The number of carbonyl (C=O) groups is 1. The molecule has 0 bridgehead atoms. The lowest BCUT2D eigenvalue weighted by atomic mass is 9.79. The Morgan fingerprint density at radius 1 is 1.38 bits per heavy atom. The number of rotatable bonds is 2. The molecule has 4 heteroatoms. The van der Waals surface area contributed by atoms with E-state index in [4.69, 9.17) is 0 Å². The van der Waals surface area contributed by atoms with Crippen LogP contribution in [-0.2, 0) is 4.79 Å². The molecule has 1 aliphatic heterocycles. The van der Waals surface area contributed by atoms with Crippen molar-refractivity contribution in [1.82, 2.24) is 4.90 Å². The summed E-state index contributed by atoms with van der Waals surface area (Å²) in [5, 5.41) is 0. The van der Waals surface area contributed by atoms with Gasteiger partial charge in [0, 0.05) is 31.3 Å². The molecular weight excluding hydrogens is 212 g/mol. The number of hydrogen-bond donors (Lipinski definition) is 0. The summed E-state index contributed by atoms with van der Waals surface area (Å²) in [5.74, 6) is -3.18. The molecule has 2 rings (SSSR count). The summed E-state index contributed by atoms with van der Waals surface area (Å²) in [6, 6.07) is 0.0514. The Labute approximate surface area is 94.3 Å². The lowest BCUT2D eigenvalue weighted by molar-refractivity contribution is -0.162. The van der Waals surface area contributed by atoms with Crippen LogP contribution in [0.5, 0.6) is 0 Å². The molecule has 0 radical (unpaired) electrons. The fourth-order valence-corrected chi connectivity index (χ4v) is 2.55. The van der Waals surface area contributed by atoms with Gasteiger partial charge < -0.3 is 4.90 Å². The third-order valence-corrected chi connectivity index (χ3v) is 3.54. The predicted octanol–water partition coefficient (Wildman–Crippen LogP) is 2.60. The SMILES string of the molecule is C=C[C@@H]1CCCCN1C(=O)C1CC(F)(F)C1. The van der Waals surface area contributed by atoms with E-state index in [-0.39, 0.29) is 24.8 Å². The van der Waals surface area contributed by atoms with E-state index in [1.807, 2.05) is 0 Å². The van der Waals surface area contributed by atoms with Crippen molar-refractivity contribution in [2.24, 2.45) is 5.92 Å². The van der Waals surface area contributed by atoms with Crippen LogP contribution in [0.4, 0.5) is 8.78 Å². The van der Waals surface area contributed by atoms with E-state index >= 15 is 0 Å². The van der Waals surface area contributed by atoms with Crippen molar-refractivity contribution in [1.29, 1.82) is 0 Å². The van der Waals surface area contributed by atoms with E-state index < -0.39 is 11.8 Å². The van der Waals surface area contributed by atoms with Gasteiger partial charge >= 0.3 is 0 Å². The van der Waals surface area contributed by atoms with E-state index in [1.165, 1.54) is 0 Å². The van der Waals surface area contributed by atoms with Gasteiger partial charge in [-0.1, -0.05) is 6.08 Å². The summed E-state index contributed by atoms with van der Waals surface area (Å²) in [4.78, 5) is 13.7. The lowest BCUT2D eigenvalue weighted by Crippen LogP contribution is -2.51. The monoisotopic (exact) mass is 229 g/mol. The van der Waals surface area contributed by atoms with Gasteiger partial charge in [-0.3, -0.25) is 4.79 Å². The summed E-state index contributed by atoms with van der Waals surface area (Å²) in [7, 11) is 0. The van der Waals surface area contributed by atoms with Gasteiger partial charge in [-0.2, -0.15) is 0 Å². The van der Waals surface area contributed by atoms with Gasteiger partial charge in [-0.15, -0.1) is 6.58 Å². The van der Waals surface area contributed by atoms with Gasteiger partial charge in [0.05, 0.1) is 0 Å². The number of halogens is 2. The second-order valence-corrected chi connectivity index (χ2v) is 4.79. The van der Waals surface area contributed by atoms with Crippen molar-refractivity contribution in [3.05, 3.63) is 12.7 Å². The molecule has 0 aromatic rings. The third-order valence-electron chi connectivity index (χ3n) is 3.54. The van der Waals surface area contributed by atoms with Crippen LogP contribution >= 0.6 is 0 Å². The Bertz CT molecular complexity index is 295. The number of piperidine rings is 1. The van der Waals surface area contributed by atoms with Crippen LogP contribution in [0.1, 0.15) is 32.1 Å². The summed E-state index contributed by atoms with van der Waals surface area (Å²) in [6.45, 7) is 4.40. The fraction of sp³-hybridized carbons (Fsp3) is 0.750. The summed E-state index contributed by atoms with van der Waals surface area (Å²) >= 11 is 0. The molecule has 2 nitrogen and oxygen atoms in total. The number of amides is 1. The first-order chi connectivity index (χ1) is 7.53. The number of alkyl halides is 2. The van der Waals surface area contributed by atoms with Crippen molar-refractivity contribution >= 4 is 5.91 Å². The molecule has 1 aliphatic carbocycles. The highest BCUT2D eigenvalue weighted by atomic mass is 19.3. The molecule has 0 aromatic heterocycles. The smallest absolute Gasteiger partial charge is 0.249 e. The lowest BCUT2D eigenvalue weighted by Gasteiger charge is -2.41. The highest BCUT2D eigenvalue weighted by Crippen LogP contribution is 2.43. The molecule has 2 fully saturated rings. The van der Waals surface area contributed by atoms with E-state index in [9.17, 15) is 13.6 Å². The molecule has 0 N–H and O–H groups in total. The normalized spacial score (nSPS) is 29.6. The standard InChI is InChI=1S/C12H17F2NO/c1-2-10-5-3-4-6-15(10)11(16)9-7-12(13,14)8-9/h2,9-10H,1,3-8H2/t10-/m1/s1. The number of nitrogens with zero attached hydrogens (tertiary/aromatic N) is 1. The molecule has 0 aromatic carbocycles. The summed E-state index contributed by atoms with van der Waals surface area (Å²) < 4.78 is 25.4. The van der Waals surface area contributed by atoms with E-state index in [1.54, 1.807) is 11.0 Å². The van der Waals surface area contributed by atoms with Gasteiger partial charge in [-0.05, 0) is 19.3 Å². The van der Waals surface area contributed by atoms with Crippen LogP contribution in [0, 0.1) is 5.92 Å². The minimum Gasteiger partial charge on any atom is -0.336 e. The molecule has 1 heterocycles. The molecule has 1 saturated heterocycles. The molecule has 1 amide bonds. The topological polar surface area (TPSA) is 20.3 Å². The highest BCUT2D eigenvalue weighted by molar-refractivity contribution is 5.80. The number of likely N-dealkylation sites (tertiary alicyclic amines) is 1. The predicted molar refractivity (Wildman–Crippen MR) is 57.2 cm³/mol. The third kappa shape index (κ3) is 2.11. The molecule has 16 heavy (non-hydrogen) atoms. The first-order valence-electron chi connectivity index (χ1n) is 5.84. The second kappa shape index (κ2) is 4.15. The van der Waals surface area contributed by atoms with Crippen LogP contribution in [0.25, 0.3) is 0 Å². The van der Waals surface area contributed by atoms with Crippen molar-refractivity contribution in [3.63, 3.8) is 0 Å². The van der Waals surface area contributed by atoms with Crippen LogP contribution in [0.15, 0.2) is 12.7 Å². The fourth-order valence-electron chi connectivity index (χ4n) is 2.55. The first kappa shape index (κ1) is 11.6. The quantitative estimate of drug-likeness (QED) is 0.666. The average Bonchev–Trinajstić information content (AvgIpc) is 2.24. The molecule has 2 aliphatic rings. The van der Waals surface area contributed by atoms with Gasteiger partial charge in [0.2, 0.25) is 11.8 Å². The number of hydrogen-bond acceptors (Lipinski definition) is 1. The molecule has 0 unspecified atom stereocenters. The molecule has 1 atom stereocenters. The van der Waals surface area contributed by atoms with Gasteiger partial charge in [-0.25, -0.2) is 8.78 Å².